The highest BCUT2D eigenvalue weighted by atomic mass is 127. The molecule has 1 amide bonds. The normalized spacial score (nSPS) is 14.7. The molecule has 1 aromatic carbocycles. The molecule has 27 heavy (non-hydrogen) atoms. The zero-order valence-electron chi connectivity index (χ0n) is 16.7. The standard InChI is InChI=1S/C19H30N4O3.HI/c1-19(2,3)26-18(24)23-12-15(13-23)22-17(20-4)21-10-9-14-7-6-8-16(11-14)25-5;/h6-8,11,15H,9-10,12-13H2,1-5H3,(H2,20,21,22);1H. The third-order valence-electron chi connectivity index (χ3n) is 3.94. The van der Waals surface area contributed by atoms with Gasteiger partial charge in [0.15, 0.2) is 5.96 Å². The summed E-state index contributed by atoms with van der Waals surface area (Å²) in [5, 5.41) is 6.62. The Kier molecular flexibility index (Phi) is 9.14. The molecule has 0 aromatic heterocycles. The van der Waals surface area contributed by atoms with Gasteiger partial charge in [0, 0.05) is 26.7 Å². The highest BCUT2D eigenvalue weighted by Crippen LogP contribution is 2.15. The fraction of sp³-hybridized carbons (Fsp3) is 0.579. The van der Waals surface area contributed by atoms with Crippen LogP contribution in [0, 0.1) is 0 Å². The molecule has 0 unspecified atom stereocenters. The minimum Gasteiger partial charge on any atom is -0.497 e. The van der Waals surface area contributed by atoms with Gasteiger partial charge in [-0.15, -0.1) is 24.0 Å². The number of amides is 1. The lowest BCUT2D eigenvalue weighted by Gasteiger charge is -2.40. The number of hydrogen-bond acceptors (Lipinski definition) is 4. The molecule has 0 radical (unpaired) electrons. The summed E-state index contributed by atoms with van der Waals surface area (Å²) in [6, 6.07) is 8.21. The number of benzene rings is 1. The second-order valence-corrected chi connectivity index (χ2v) is 7.33. The summed E-state index contributed by atoms with van der Waals surface area (Å²) >= 11 is 0. The molecule has 8 heteroatoms. The molecular weight excluding hydrogens is 459 g/mol. The van der Waals surface area contributed by atoms with Crippen LogP contribution in [0.2, 0.25) is 0 Å². The molecule has 152 valence electrons. The summed E-state index contributed by atoms with van der Waals surface area (Å²) < 4.78 is 10.6. The zero-order chi connectivity index (χ0) is 19.2. The summed E-state index contributed by atoms with van der Waals surface area (Å²) in [5.41, 5.74) is 0.736. The molecule has 0 spiro atoms. The van der Waals surface area contributed by atoms with Crippen molar-refractivity contribution in [1.29, 1.82) is 0 Å². The van der Waals surface area contributed by atoms with Crippen LogP contribution in [0.3, 0.4) is 0 Å². The van der Waals surface area contributed by atoms with Crippen molar-refractivity contribution in [2.24, 2.45) is 4.99 Å². The summed E-state index contributed by atoms with van der Waals surface area (Å²) in [5.74, 6) is 1.60. The number of carbonyl (C=O) groups is 1. The Morgan fingerprint density at radius 1 is 1.33 bits per heavy atom. The van der Waals surface area contributed by atoms with Crippen molar-refractivity contribution in [1.82, 2.24) is 15.5 Å². The SMILES string of the molecule is CN=C(NCCc1cccc(OC)c1)NC1CN(C(=O)OC(C)(C)C)C1.I. The van der Waals surface area contributed by atoms with Gasteiger partial charge in [0.25, 0.3) is 0 Å². The highest BCUT2D eigenvalue weighted by Gasteiger charge is 2.34. The number of ether oxygens (including phenoxy) is 2. The van der Waals surface area contributed by atoms with Crippen LogP contribution in [-0.4, -0.2) is 62.4 Å². The predicted molar refractivity (Wildman–Crippen MR) is 118 cm³/mol. The topological polar surface area (TPSA) is 75.2 Å². The van der Waals surface area contributed by atoms with Gasteiger partial charge in [-0.3, -0.25) is 4.99 Å². The van der Waals surface area contributed by atoms with Gasteiger partial charge in [-0.1, -0.05) is 12.1 Å². The number of nitrogens with zero attached hydrogens (tertiary/aromatic N) is 2. The van der Waals surface area contributed by atoms with Crippen molar-refractivity contribution in [2.75, 3.05) is 33.8 Å². The molecule has 1 aromatic rings. The number of guanidine groups is 1. The summed E-state index contributed by atoms with van der Waals surface area (Å²) in [6.45, 7) is 7.60. The third kappa shape index (κ3) is 7.82. The predicted octanol–water partition coefficient (Wildman–Crippen LogP) is 2.64. The summed E-state index contributed by atoms with van der Waals surface area (Å²) in [6.07, 6.45) is 0.601. The largest absolute Gasteiger partial charge is 0.497 e. The van der Waals surface area contributed by atoms with E-state index in [-0.39, 0.29) is 36.1 Å². The fourth-order valence-corrected chi connectivity index (χ4v) is 2.59. The Balaban J connectivity index is 0.00000364. The Bertz CT molecular complexity index is 640. The molecular formula is C19H31IN4O3. The van der Waals surface area contributed by atoms with E-state index in [1.165, 1.54) is 5.56 Å². The van der Waals surface area contributed by atoms with E-state index in [1.807, 2.05) is 39.0 Å². The van der Waals surface area contributed by atoms with Gasteiger partial charge in [0.05, 0.1) is 13.2 Å². The first-order valence-corrected chi connectivity index (χ1v) is 8.89. The van der Waals surface area contributed by atoms with Crippen LogP contribution in [-0.2, 0) is 11.2 Å². The minimum atomic E-state index is -0.465. The number of hydrogen-bond donors (Lipinski definition) is 2. The number of likely N-dealkylation sites (tertiary alicyclic amines) is 1. The molecule has 0 bridgehead atoms. The molecule has 0 aliphatic carbocycles. The molecule has 1 saturated heterocycles. The molecule has 1 heterocycles. The van der Waals surface area contributed by atoms with E-state index in [0.29, 0.717) is 13.1 Å². The Morgan fingerprint density at radius 2 is 2.04 bits per heavy atom. The number of nitrogens with one attached hydrogen (secondary N) is 2. The Hall–Kier alpha value is -1.71. The van der Waals surface area contributed by atoms with Crippen molar-refractivity contribution >= 4 is 36.0 Å². The first-order valence-electron chi connectivity index (χ1n) is 8.89. The van der Waals surface area contributed by atoms with Gasteiger partial charge in [-0.2, -0.15) is 0 Å². The van der Waals surface area contributed by atoms with Crippen LogP contribution >= 0.6 is 24.0 Å². The van der Waals surface area contributed by atoms with E-state index in [1.54, 1.807) is 19.1 Å². The van der Waals surface area contributed by atoms with E-state index in [2.05, 4.69) is 21.7 Å². The van der Waals surface area contributed by atoms with Crippen LogP contribution in [0.25, 0.3) is 0 Å². The summed E-state index contributed by atoms with van der Waals surface area (Å²) in [4.78, 5) is 17.9. The quantitative estimate of drug-likeness (QED) is 0.377. The number of carbonyl (C=O) groups excluding carboxylic acids is 1. The molecule has 0 saturated carbocycles. The minimum absolute atomic E-state index is 0. The zero-order valence-corrected chi connectivity index (χ0v) is 19.1. The van der Waals surface area contributed by atoms with Crippen LogP contribution in [0.5, 0.6) is 5.75 Å². The van der Waals surface area contributed by atoms with Gasteiger partial charge in [-0.05, 0) is 44.9 Å². The highest BCUT2D eigenvalue weighted by molar-refractivity contribution is 14.0. The lowest BCUT2D eigenvalue weighted by molar-refractivity contribution is 0.00701. The Morgan fingerprint density at radius 3 is 2.63 bits per heavy atom. The van der Waals surface area contributed by atoms with E-state index in [0.717, 1.165) is 24.7 Å². The lowest BCUT2D eigenvalue weighted by Crippen LogP contribution is -2.63. The average molecular weight is 490 g/mol. The van der Waals surface area contributed by atoms with Crippen LogP contribution in [0.15, 0.2) is 29.3 Å². The van der Waals surface area contributed by atoms with E-state index >= 15 is 0 Å². The second-order valence-electron chi connectivity index (χ2n) is 7.33. The molecule has 1 aliphatic rings. The van der Waals surface area contributed by atoms with Gasteiger partial charge in [-0.25, -0.2) is 4.79 Å². The molecule has 7 nitrogen and oxygen atoms in total. The number of methoxy groups -OCH3 is 1. The first kappa shape index (κ1) is 23.3. The first-order chi connectivity index (χ1) is 12.3. The third-order valence-corrected chi connectivity index (χ3v) is 3.94. The van der Waals surface area contributed by atoms with Gasteiger partial charge in [0.2, 0.25) is 0 Å². The van der Waals surface area contributed by atoms with Crippen LogP contribution in [0.4, 0.5) is 4.79 Å². The van der Waals surface area contributed by atoms with Gasteiger partial charge < -0.3 is 25.0 Å². The van der Waals surface area contributed by atoms with Gasteiger partial charge in [0.1, 0.15) is 11.4 Å². The fourth-order valence-electron chi connectivity index (χ4n) is 2.59. The average Bonchev–Trinajstić information content (AvgIpc) is 2.54. The summed E-state index contributed by atoms with van der Waals surface area (Å²) in [7, 11) is 3.41. The smallest absolute Gasteiger partial charge is 0.410 e. The van der Waals surface area contributed by atoms with E-state index < -0.39 is 5.60 Å². The monoisotopic (exact) mass is 490 g/mol. The van der Waals surface area contributed by atoms with Gasteiger partial charge >= 0.3 is 6.09 Å². The molecule has 1 fully saturated rings. The van der Waals surface area contributed by atoms with E-state index in [9.17, 15) is 4.79 Å². The maximum absolute atomic E-state index is 11.9. The number of aliphatic imine (C=N–C) groups is 1. The maximum atomic E-state index is 11.9. The van der Waals surface area contributed by atoms with Crippen molar-refractivity contribution < 1.29 is 14.3 Å². The molecule has 2 N–H and O–H groups in total. The van der Waals surface area contributed by atoms with Crippen molar-refractivity contribution in [3.63, 3.8) is 0 Å². The van der Waals surface area contributed by atoms with Crippen LogP contribution in [0.1, 0.15) is 26.3 Å². The lowest BCUT2D eigenvalue weighted by atomic mass is 10.1. The molecule has 2 rings (SSSR count). The maximum Gasteiger partial charge on any atom is 0.410 e. The number of halogens is 1. The van der Waals surface area contributed by atoms with Crippen molar-refractivity contribution in [3.05, 3.63) is 29.8 Å². The molecule has 1 aliphatic heterocycles. The molecule has 0 atom stereocenters. The second kappa shape index (κ2) is 10.6. The van der Waals surface area contributed by atoms with Crippen molar-refractivity contribution in [2.45, 2.75) is 38.8 Å². The van der Waals surface area contributed by atoms with E-state index in [4.69, 9.17) is 9.47 Å². The Labute approximate surface area is 178 Å². The van der Waals surface area contributed by atoms with Crippen molar-refractivity contribution in [3.8, 4) is 5.75 Å². The number of rotatable bonds is 5. The van der Waals surface area contributed by atoms with Crippen LogP contribution < -0.4 is 15.4 Å².